The standard InChI is InChI=1S/C19H25N3O3S.K/c1-2-9-22-11-15(12-22)26(24,25)21-19(23)20-18-16-7-3-5-13(16)10-14-6-4-8-17(14)18;/h2,10,15H,1,3-9,11-12H2,(H2,20,21,23);. The Balaban J connectivity index is 0.00000210. The molecule has 1 aromatic carbocycles. The molecule has 4 rings (SSSR count). The first kappa shape index (κ1) is 21.5. The molecule has 0 atom stereocenters. The Morgan fingerprint density at radius 1 is 1.15 bits per heavy atom. The monoisotopic (exact) mass is 414 g/mol. The summed E-state index contributed by atoms with van der Waals surface area (Å²) in [5.41, 5.74) is 5.87. The molecule has 1 heterocycles. The van der Waals surface area contributed by atoms with Crippen molar-refractivity contribution >= 4 is 73.1 Å². The van der Waals surface area contributed by atoms with Crippen LogP contribution in [-0.2, 0) is 35.7 Å². The summed E-state index contributed by atoms with van der Waals surface area (Å²) >= 11 is 0. The number of likely N-dealkylation sites (tertiary alicyclic amines) is 1. The second-order valence-electron chi connectivity index (χ2n) is 7.46. The molecule has 0 unspecified atom stereocenters. The van der Waals surface area contributed by atoms with Gasteiger partial charge in [0.15, 0.2) is 0 Å². The van der Waals surface area contributed by atoms with Crippen molar-refractivity contribution in [3.8, 4) is 0 Å². The zero-order valence-electron chi connectivity index (χ0n) is 15.9. The number of benzene rings is 1. The topological polar surface area (TPSA) is 78.5 Å². The van der Waals surface area contributed by atoms with Gasteiger partial charge in [0.2, 0.25) is 10.0 Å². The summed E-state index contributed by atoms with van der Waals surface area (Å²) in [7, 11) is -3.66. The summed E-state index contributed by atoms with van der Waals surface area (Å²) in [6.07, 6.45) is 7.91. The largest absolute Gasteiger partial charge is 0.332 e. The number of carbonyl (C=O) groups is 1. The molecule has 1 aromatic rings. The van der Waals surface area contributed by atoms with E-state index in [1.807, 2.05) is 4.90 Å². The van der Waals surface area contributed by atoms with Crippen molar-refractivity contribution in [2.75, 3.05) is 25.0 Å². The zero-order chi connectivity index (χ0) is 18.3. The van der Waals surface area contributed by atoms with Gasteiger partial charge in [-0.2, -0.15) is 0 Å². The quantitative estimate of drug-likeness (QED) is 0.567. The molecular weight excluding hydrogens is 389 g/mol. The van der Waals surface area contributed by atoms with Crippen molar-refractivity contribution in [1.82, 2.24) is 9.62 Å². The van der Waals surface area contributed by atoms with Crippen molar-refractivity contribution in [3.05, 3.63) is 41.0 Å². The molecule has 27 heavy (non-hydrogen) atoms. The zero-order valence-corrected chi connectivity index (χ0v) is 19.8. The molecule has 0 aromatic heterocycles. The van der Waals surface area contributed by atoms with Crippen molar-refractivity contribution in [2.45, 2.75) is 43.8 Å². The van der Waals surface area contributed by atoms with Gasteiger partial charge < -0.3 is 5.32 Å². The van der Waals surface area contributed by atoms with E-state index in [2.05, 4.69) is 22.7 Å². The average molecular weight is 415 g/mol. The molecule has 0 saturated carbocycles. The number of carbonyl (C=O) groups excluding carboxylic acids is 1. The van der Waals surface area contributed by atoms with Gasteiger partial charge in [0, 0.05) is 76.7 Å². The van der Waals surface area contributed by atoms with Crippen LogP contribution in [0.2, 0.25) is 0 Å². The summed E-state index contributed by atoms with van der Waals surface area (Å²) in [6.45, 7) is 5.19. The molecule has 1 saturated heterocycles. The summed E-state index contributed by atoms with van der Waals surface area (Å²) in [4.78, 5) is 14.4. The number of rotatable bonds is 5. The second kappa shape index (κ2) is 8.65. The minimum atomic E-state index is -3.66. The Kier molecular flexibility index (Phi) is 6.88. The van der Waals surface area contributed by atoms with E-state index in [4.69, 9.17) is 0 Å². The SMILES string of the molecule is C=CCN1CC(S(=O)(=O)NC(=O)Nc2c3c(cc4c2CCC4)CCC3)C1.[K]. The van der Waals surface area contributed by atoms with Crippen LogP contribution < -0.4 is 10.0 Å². The van der Waals surface area contributed by atoms with Crippen molar-refractivity contribution in [1.29, 1.82) is 0 Å². The first-order chi connectivity index (χ1) is 12.5. The van der Waals surface area contributed by atoms with Crippen LogP contribution in [0, 0.1) is 0 Å². The Morgan fingerprint density at radius 3 is 2.30 bits per heavy atom. The Labute approximate surface area is 203 Å². The molecule has 1 aliphatic heterocycles. The van der Waals surface area contributed by atoms with E-state index in [-0.39, 0.29) is 51.4 Å². The minimum absolute atomic E-state index is 0. The van der Waals surface area contributed by atoms with Crippen LogP contribution in [0.4, 0.5) is 10.5 Å². The third-order valence-corrected chi connectivity index (χ3v) is 7.34. The fourth-order valence-corrected chi connectivity index (χ4v) is 5.66. The van der Waals surface area contributed by atoms with E-state index in [9.17, 15) is 13.2 Å². The molecule has 1 radical (unpaired) electrons. The minimum Gasteiger partial charge on any atom is -0.307 e. The van der Waals surface area contributed by atoms with Crippen LogP contribution in [-0.4, -0.2) is 95.6 Å². The van der Waals surface area contributed by atoms with Gasteiger partial charge >= 0.3 is 6.03 Å². The Morgan fingerprint density at radius 2 is 1.74 bits per heavy atom. The molecular formula is C19H25KN3O3S. The first-order valence-electron chi connectivity index (χ1n) is 9.30. The van der Waals surface area contributed by atoms with E-state index >= 15 is 0 Å². The number of anilines is 1. The number of nitrogens with one attached hydrogen (secondary N) is 2. The molecule has 1 fully saturated rings. The van der Waals surface area contributed by atoms with Crippen molar-refractivity contribution in [3.63, 3.8) is 0 Å². The summed E-state index contributed by atoms with van der Waals surface area (Å²) in [5, 5.41) is 2.34. The molecule has 2 aliphatic carbocycles. The molecule has 141 valence electrons. The van der Waals surface area contributed by atoms with Crippen LogP contribution in [0.3, 0.4) is 0 Å². The van der Waals surface area contributed by atoms with E-state index < -0.39 is 21.3 Å². The number of aryl methyl sites for hydroxylation is 2. The predicted molar refractivity (Wildman–Crippen MR) is 108 cm³/mol. The maximum absolute atomic E-state index is 12.4. The molecule has 0 spiro atoms. The van der Waals surface area contributed by atoms with Crippen LogP contribution in [0.5, 0.6) is 0 Å². The molecule has 8 heteroatoms. The normalized spacial score (nSPS) is 18.8. The van der Waals surface area contributed by atoms with Gasteiger partial charge in [-0.25, -0.2) is 17.9 Å². The number of amides is 2. The van der Waals surface area contributed by atoms with Crippen LogP contribution in [0.25, 0.3) is 0 Å². The summed E-state index contributed by atoms with van der Waals surface area (Å²) in [6, 6.07) is 1.65. The second-order valence-corrected chi connectivity index (χ2v) is 9.43. The fourth-order valence-electron chi connectivity index (χ4n) is 4.37. The van der Waals surface area contributed by atoms with Gasteiger partial charge in [-0.15, -0.1) is 6.58 Å². The molecule has 3 aliphatic rings. The Hall–Kier alpha value is -0.224. The van der Waals surface area contributed by atoms with E-state index in [1.165, 1.54) is 22.3 Å². The average Bonchev–Trinajstić information content (AvgIpc) is 3.18. The molecule has 6 nitrogen and oxygen atoms in total. The number of sulfonamides is 1. The van der Waals surface area contributed by atoms with Crippen LogP contribution >= 0.6 is 0 Å². The maximum Gasteiger partial charge on any atom is 0.332 e. The summed E-state index contributed by atoms with van der Waals surface area (Å²) in [5.74, 6) is 0. The van der Waals surface area contributed by atoms with Crippen molar-refractivity contribution in [2.24, 2.45) is 0 Å². The first-order valence-corrected chi connectivity index (χ1v) is 10.8. The van der Waals surface area contributed by atoms with Crippen LogP contribution in [0.1, 0.15) is 35.1 Å². The van der Waals surface area contributed by atoms with E-state index in [1.54, 1.807) is 6.08 Å². The number of nitrogens with zero attached hydrogens (tertiary/aromatic N) is 1. The van der Waals surface area contributed by atoms with Gasteiger partial charge in [-0.1, -0.05) is 12.1 Å². The summed E-state index contributed by atoms with van der Waals surface area (Å²) < 4.78 is 27.0. The predicted octanol–water partition coefficient (Wildman–Crippen LogP) is 1.60. The van der Waals surface area contributed by atoms with E-state index in [0.717, 1.165) is 44.2 Å². The number of hydrogen-bond acceptors (Lipinski definition) is 4. The van der Waals surface area contributed by atoms with E-state index in [0.29, 0.717) is 19.6 Å². The maximum atomic E-state index is 12.4. The van der Waals surface area contributed by atoms with Crippen molar-refractivity contribution < 1.29 is 13.2 Å². The van der Waals surface area contributed by atoms with Gasteiger partial charge in [0.05, 0.1) is 0 Å². The van der Waals surface area contributed by atoms with Gasteiger partial charge in [0.1, 0.15) is 5.25 Å². The Bertz CT molecular complexity index is 831. The number of hydrogen-bond donors (Lipinski definition) is 2. The molecule has 0 bridgehead atoms. The molecule has 2 amide bonds. The number of fused-ring (bicyclic) bond motifs is 2. The fraction of sp³-hybridized carbons (Fsp3) is 0.526. The van der Waals surface area contributed by atoms with Crippen LogP contribution in [0.15, 0.2) is 18.7 Å². The van der Waals surface area contributed by atoms with Gasteiger partial charge in [-0.3, -0.25) is 4.90 Å². The molecule has 2 N–H and O–H groups in total. The third-order valence-electron chi connectivity index (χ3n) is 5.70. The van der Waals surface area contributed by atoms with Gasteiger partial charge in [-0.05, 0) is 60.8 Å². The number of urea groups is 1. The third kappa shape index (κ3) is 4.37. The smallest absolute Gasteiger partial charge is 0.307 e. The van der Waals surface area contributed by atoms with Gasteiger partial charge in [0.25, 0.3) is 0 Å².